The van der Waals surface area contributed by atoms with Gasteiger partial charge in [-0.05, 0) is 171 Å². The lowest BCUT2D eigenvalue weighted by molar-refractivity contribution is -0.137. The van der Waals surface area contributed by atoms with Crippen molar-refractivity contribution in [2.45, 2.75) is 89.6 Å². The fourth-order valence-corrected chi connectivity index (χ4v) is 12.0. The first-order chi connectivity index (χ1) is 32.3. The van der Waals surface area contributed by atoms with Crippen LogP contribution in [0.3, 0.4) is 0 Å². The highest BCUT2D eigenvalue weighted by Crippen LogP contribution is 2.60. The van der Waals surface area contributed by atoms with E-state index in [4.69, 9.17) is 4.74 Å². The minimum atomic E-state index is -4.56. The molecule has 0 aromatic heterocycles. The van der Waals surface area contributed by atoms with Crippen LogP contribution in [0, 0.1) is 11.7 Å². The summed E-state index contributed by atoms with van der Waals surface area (Å²) in [5.41, 5.74) is 11.1. The second-order valence-corrected chi connectivity index (χ2v) is 20.0. The third-order valence-electron chi connectivity index (χ3n) is 14.5. The fraction of sp³-hybridized carbons (Fsp3) is 0.271. The number of alkyl halides is 3. The lowest BCUT2D eigenvalue weighted by Gasteiger charge is -2.31. The molecule has 0 unspecified atom stereocenters. The minimum absolute atomic E-state index is 0.155. The number of halogens is 5. The van der Waals surface area contributed by atoms with E-state index in [2.05, 4.69) is 78.4 Å². The molecule has 10 rings (SSSR count). The SMILES string of the molecule is CCCCCC1CCC(c2ccc(-c3ccc(C(=O)Nc4ccc(-c5cc(Br)c6c(c5)-c5c(c7c(c8cc(C(F)(F)F)ccc58)OCC=C7c5ccc(F)cc5)C6(C)C)cc4)cc3)cc2)CC1. The van der Waals surface area contributed by atoms with E-state index >= 15 is 0 Å². The molecule has 0 radical (unpaired) electrons. The van der Waals surface area contributed by atoms with Crippen LogP contribution in [0.1, 0.15) is 122 Å². The average Bonchev–Trinajstić information content (AvgIpc) is 3.58. The van der Waals surface area contributed by atoms with Crippen molar-refractivity contribution in [2.24, 2.45) is 5.92 Å². The van der Waals surface area contributed by atoms with Gasteiger partial charge in [-0.15, -0.1) is 0 Å². The van der Waals surface area contributed by atoms with E-state index in [-0.39, 0.29) is 18.3 Å². The highest BCUT2D eigenvalue weighted by Gasteiger charge is 2.44. The van der Waals surface area contributed by atoms with Crippen molar-refractivity contribution < 1.29 is 27.1 Å². The molecule has 340 valence electrons. The molecule has 0 saturated heterocycles. The maximum absolute atomic E-state index is 14.3. The summed E-state index contributed by atoms with van der Waals surface area (Å²) in [7, 11) is 0. The van der Waals surface area contributed by atoms with Crippen molar-refractivity contribution >= 4 is 43.9 Å². The maximum Gasteiger partial charge on any atom is 0.416 e. The molecule has 0 atom stereocenters. The van der Waals surface area contributed by atoms with Gasteiger partial charge in [0, 0.05) is 32.1 Å². The molecule has 3 nitrogen and oxygen atoms in total. The first kappa shape index (κ1) is 44.8. The Balaban J connectivity index is 0.902. The number of anilines is 1. The lowest BCUT2D eigenvalue weighted by Crippen LogP contribution is -2.20. The summed E-state index contributed by atoms with van der Waals surface area (Å²) in [4.78, 5) is 13.5. The summed E-state index contributed by atoms with van der Waals surface area (Å²) in [6.07, 6.45) is 7.97. The number of rotatable bonds is 10. The summed E-state index contributed by atoms with van der Waals surface area (Å²) in [5, 5.41) is 4.07. The summed E-state index contributed by atoms with van der Waals surface area (Å²) >= 11 is 3.92. The summed E-state index contributed by atoms with van der Waals surface area (Å²) in [5.74, 6) is 1.34. The Kier molecular flexibility index (Phi) is 12.0. The predicted octanol–water partition coefficient (Wildman–Crippen LogP) is 17.3. The molecule has 1 N–H and O–H groups in total. The van der Waals surface area contributed by atoms with Crippen LogP contribution in [0.25, 0.3) is 49.7 Å². The van der Waals surface area contributed by atoms with E-state index in [1.165, 1.54) is 75.1 Å². The molecule has 7 aromatic carbocycles. The molecular formula is C59H52BrF4NO2. The molecule has 1 fully saturated rings. The Bertz CT molecular complexity index is 3040. The Labute approximate surface area is 398 Å². The van der Waals surface area contributed by atoms with Gasteiger partial charge < -0.3 is 10.1 Å². The van der Waals surface area contributed by atoms with E-state index in [9.17, 15) is 22.4 Å². The number of hydrogen-bond donors (Lipinski definition) is 1. The minimum Gasteiger partial charge on any atom is -0.488 e. The number of amides is 1. The van der Waals surface area contributed by atoms with Crippen molar-refractivity contribution in [3.05, 3.63) is 183 Å². The Hall–Kier alpha value is -5.99. The fourth-order valence-electron chi connectivity index (χ4n) is 11.1. The van der Waals surface area contributed by atoms with E-state index in [0.29, 0.717) is 39.3 Å². The molecule has 1 amide bonds. The van der Waals surface area contributed by atoms with E-state index < -0.39 is 17.2 Å². The van der Waals surface area contributed by atoms with Crippen LogP contribution in [0.4, 0.5) is 23.2 Å². The van der Waals surface area contributed by atoms with Crippen LogP contribution in [0.5, 0.6) is 5.75 Å². The van der Waals surface area contributed by atoms with Gasteiger partial charge in [-0.3, -0.25) is 4.79 Å². The van der Waals surface area contributed by atoms with Crippen LogP contribution in [0.15, 0.2) is 138 Å². The molecule has 0 bridgehead atoms. The van der Waals surface area contributed by atoms with Crippen LogP contribution >= 0.6 is 15.9 Å². The topological polar surface area (TPSA) is 38.3 Å². The van der Waals surface area contributed by atoms with Crippen molar-refractivity contribution in [2.75, 3.05) is 11.9 Å². The van der Waals surface area contributed by atoms with Crippen molar-refractivity contribution in [3.8, 4) is 39.1 Å². The second kappa shape index (κ2) is 17.9. The number of fused-ring (bicyclic) bond motifs is 8. The Morgan fingerprint density at radius 2 is 1.36 bits per heavy atom. The number of carbonyl (C=O) groups is 1. The first-order valence-electron chi connectivity index (χ1n) is 23.6. The summed E-state index contributed by atoms with van der Waals surface area (Å²) < 4.78 is 64.2. The number of ether oxygens (including phenoxy) is 1. The number of hydrogen-bond acceptors (Lipinski definition) is 2. The summed E-state index contributed by atoms with van der Waals surface area (Å²) in [6, 6.07) is 38.6. The number of benzene rings is 7. The first-order valence-corrected chi connectivity index (χ1v) is 24.3. The zero-order valence-electron chi connectivity index (χ0n) is 37.9. The maximum atomic E-state index is 14.3. The quantitative estimate of drug-likeness (QED) is 0.110. The molecule has 3 aliphatic rings. The smallest absolute Gasteiger partial charge is 0.416 e. The molecule has 7 aromatic rings. The van der Waals surface area contributed by atoms with Gasteiger partial charge in [0.15, 0.2) is 0 Å². The number of unbranched alkanes of at least 4 members (excludes halogenated alkanes) is 2. The van der Waals surface area contributed by atoms with Crippen LogP contribution in [-0.2, 0) is 11.6 Å². The lowest BCUT2D eigenvalue weighted by atomic mass is 9.76. The van der Waals surface area contributed by atoms with Gasteiger partial charge in [0.25, 0.3) is 5.91 Å². The average molecular weight is 963 g/mol. The molecule has 0 spiro atoms. The molecular weight excluding hydrogens is 911 g/mol. The standard InChI is InChI=1S/C59H52BrF4NO2/c1-4-5-6-7-35-8-10-36(11-9-35)37-12-14-38(15-13-37)39-16-18-42(19-17-39)57(66)65-46-27-22-40(23-28-46)43-32-50-52-48-29-24-44(59(62,63)64)34-49(48)56-53(55(52)58(2,3)54(50)51(60)33-43)47(30-31-67-56)41-20-25-45(61)26-21-41/h12-30,32-36H,4-11,31H2,1-3H3,(H,65,66). The molecule has 1 saturated carbocycles. The van der Waals surface area contributed by atoms with Gasteiger partial charge in [-0.25, -0.2) is 4.39 Å². The van der Waals surface area contributed by atoms with Gasteiger partial charge in [0.05, 0.1) is 5.56 Å². The van der Waals surface area contributed by atoms with E-state index in [1.807, 2.05) is 54.6 Å². The van der Waals surface area contributed by atoms with E-state index in [0.717, 1.165) is 72.1 Å². The number of carbonyl (C=O) groups excluding carboxylic acids is 1. The predicted molar refractivity (Wildman–Crippen MR) is 267 cm³/mol. The van der Waals surface area contributed by atoms with Gasteiger partial charge in [0.2, 0.25) is 0 Å². The van der Waals surface area contributed by atoms with Crippen molar-refractivity contribution in [1.82, 2.24) is 0 Å². The zero-order valence-corrected chi connectivity index (χ0v) is 39.5. The largest absolute Gasteiger partial charge is 0.488 e. The monoisotopic (exact) mass is 961 g/mol. The van der Waals surface area contributed by atoms with Crippen molar-refractivity contribution in [1.29, 1.82) is 0 Å². The Morgan fingerprint density at radius 3 is 2.03 bits per heavy atom. The van der Waals surface area contributed by atoms with Crippen LogP contribution in [0.2, 0.25) is 0 Å². The zero-order chi connectivity index (χ0) is 46.6. The third kappa shape index (κ3) is 8.51. The second-order valence-electron chi connectivity index (χ2n) is 19.1. The Morgan fingerprint density at radius 1 is 0.716 bits per heavy atom. The molecule has 2 aliphatic carbocycles. The van der Waals surface area contributed by atoms with Gasteiger partial charge >= 0.3 is 6.18 Å². The van der Waals surface area contributed by atoms with Gasteiger partial charge in [-0.1, -0.05) is 129 Å². The molecule has 8 heteroatoms. The highest BCUT2D eigenvalue weighted by atomic mass is 79.9. The van der Waals surface area contributed by atoms with Crippen molar-refractivity contribution in [3.63, 3.8) is 0 Å². The van der Waals surface area contributed by atoms with Gasteiger partial charge in [0.1, 0.15) is 18.2 Å². The highest BCUT2D eigenvalue weighted by molar-refractivity contribution is 9.10. The third-order valence-corrected chi connectivity index (χ3v) is 15.2. The molecule has 1 heterocycles. The van der Waals surface area contributed by atoms with Crippen LogP contribution < -0.4 is 10.1 Å². The normalized spacial score (nSPS) is 17.3. The molecule has 1 aliphatic heterocycles. The summed E-state index contributed by atoms with van der Waals surface area (Å²) in [6.45, 7) is 6.68. The van der Waals surface area contributed by atoms with E-state index in [1.54, 1.807) is 18.2 Å². The van der Waals surface area contributed by atoms with Gasteiger partial charge in [-0.2, -0.15) is 13.2 Å². The number of nitrogens with one attached hydrogen (secondary N) is 1. The molecule has 67 heavy (non-hydrogen) atoms. The van der Waals surface area contributed by atoms with Crippen LogP contribution in [-0.4, -0.2) is 12.5 Å².